The first-order valence-corrected chi connectivity index (χ1v) is 7.48. The van der Waals surface area contributed by atoms with E-state index in [4.69, 9.17) is 5.11 Å². The summed E-state index contributed by atoms with van der Waals surface area (Å²) in [6, 6.07) is 4.52. The van der Waals surface area contributed by atoms with Gasteiger partial charge in [-0.15, -0.1) is 12.4 Å². The number of hydrogen-bond donors (Lipinski definition) is 2. The number of carboxylic acid groups (broad SMARTS) is 1. The maximum absolute atomic E-state index is 12.5. The van der Waals surface area contributed by atoms with E-state index in [0.717, 1.165) is 0 Å². The molecule has 9 heteroatoms. The summed E-state index contributed by atoms with van der Waals surface area (Å²) in [5, 5.41) is 22.9. The lowest BCUT2D eigenvalue weighted by molar-refractivity contribution is -0.384. The Morgan fingerprint density at radius 2 is 2.25 bits per heavy atom. The first-order chi connectivity index (χ1) is 10.9. The summed E-state index contributed by atoms with van der Waals surface area (Å²) < 4.78 is 0. The van der Waals surface area contributed by atoms with Crippen LogP contribution in [-0.4, -0.2) is 40.5 Å². The smallest absolute Gasteiger partial charge is 0.320 e. The Labute approximate surface area is 145 Å². The Kier molecular flexibility index (Phi) is 7.12. The van der Waals surface area contributed by atoms with Gasteiger partial charge in [-0.3, -0.25) is 25.0 Å². The second-order valence-electron chi connectivity index (χ2n) is 5.45. The van der Waals surface area contributed by atoms with Gasteiger partial charge in [0.05, 0.1) is 16.7 Å². The van der Waals surface area contributed by atoms with Crippen LogP contribution in [0.15, 0.2) is 24.3 Å². The maximum Gasteiger partial charge on any atom is 0.320 e. The molecule has 0 spiro atoms. The van der Waals surface area contributed by atoms with Crippen molar-refractivity contribution in [3.63, 3.8) is 0 Å². The SMILES string of the molecule is CCCC(NC1CCN(c2cccc([N+](=O)[O-])c2)C1=O)C(=O)O.Cl. The molecule has 1 aliphatic rings. The number of rotatable bonds is 7. The molecule has 1 heterocycles. The molecule has 2 N–H and O–H groups in total. The number of aliphatic carboxylic acids is 1. The van der Waals surface area contributed by atoms with E-state index in [9.17, 15) is 19.7 Å². The number of nitro groups is 1. The van der Waals surface area contributed by atoms with E-state index >= 15 is 0 Å². The van der Waals surface area contributed by atoms with E-state index < -0.39 is 23.0 Å². The maximum atomic E-state index is 12.5. The minimum Gasteiger partial charge on any atom is -0.480 e. The summed E-state index contributed by atoms with van der Waals surface area (Å²) >= 11 is 0. The molecule has 1 aromatic carbocycles. The predicted octanol–water partition coefficient (Wildman–Crippen LogP) is 1.96. The zero-order valence-corrected chi connectivity index (χ0v) is 14.0. The molecule has 1 saturated heterocycles. The predicted molar refractivity (Wildman–Crippen MR) is 90.6 cm³/mol. The zero-order chi connectivity index (χ0) is 17.0. The number of carbonyl (C=O) groups is 2. The van der Waals surface area contributed by atoms with Crippen molar-refractivity contribution < 1.29 is 19.6 Å². The summed E-state index contributed by atoms with van der Waals surface area (Å²) in [6.07, 6.45) is 1.60. The standard InChI is InChI=1S/C15H19N3O5.ClH/c1-2-4-13(15(20)21)16-12-7-8-17(14(12)19)10-5-3-6-11(9-10)18(22)23;/h3,5-6,9,12-13,16H,2,4,7-8H2,1H3,(H,20,21);1H. The van der Waals surface area contributed by atoms with Gasteiger partial charge in [-0.2, -0.15) is 0 Å². The van der Waals surface area contributed by atoms with Gasteiger partial charge in [0.15, 0.2) is 0 Å². The Hall–Kier alpha value is -2.19. The van der Waals surface area contributed by atoms with Gasteiger partial charge in [0.2, 0.25) is 5.91 Å². The van der Waals surface area contributed by atoms with Crippen molar-refractivity contribution >= 4 is 35.7 Å². The minimum absolute atomic E-state index is 0. The normalized spacial score (nSPS) is 18.1. The lowest BCUT2D eigenvalue weighted by atomic mass is 10.1. The highest BCUT2D eigenvalue weighted by Crippen LogP contribution is 2.25. The number of amides is 1. The number of halogens is 1. The molecule has 0 saturated carbocycles. The zero-order valence-electron chi connectivity index (χ0n) is 13.2. The summed E-state index contributed by atoms with van der Waals surface area (Å²) in [5.41, 5.74) is 0.372. The molecule has 1 amide bonds. The first kappa shape index (κ1) is 19.9. The van der Waals surface area contributed by atoms with Crippen molar-refractivity contribution in [1.29, 1.82) is 0 Å². The summed E-state index contributed by atoms with van der Waals surface area (Å²) in [7, 11) is 0. The van der Waals surface area contributed by atoms with Crippen molar-refractivity contribution in [2.75, 3.05) is 11.4 Å². The van der Waals surface area contributed by atoms with E-state index in [1.54, 1.807) is 6.07 Å². The molecule has 1 aliphatic heterocycles. The number of benzene rings is 1. The number of anilines is 1. The average molecular weight is 358 g/mol. The monoisotopic (exact) mass is 357 g/mol. The highest BCUT2D eigenvalue weighted by Gasteiger charge is 2.35. The first-order valence-electron chi connectivity index (χ1n) is 7.48. The Bertz CT molecular complexity index is 625. The Morgan fingerprint density at radius 3 is 2.83 bits per heavy atom. The van der Waals surface area contributed by atoms with Crippen LogP contribution in [0.3, 0.4) is 0 Å². The molecule has 1 aromatic rings. The number of carbonyl (C=O) groups excluding carboxylic acids is 1. The van der Waals surface area contributed by atoms with Crippen LogP contribution in [-0.2, 0) is 9.59 Å². The molecular weight excluding hydrogens is 338 g/mol. The second-order valence-corrected chi connectivity index (χ2v) is 5.45. The van der Waals surface area contributed by atoms with Gasteiger partial charge in [0.1, 0.15) is 6.04 Å². The summed E-state index contributed by atoms with van der Waals surface area (Å²) in [5.74, 6) is -1.23. The Balaban J connectivity index is 0.00000288. The van der Waals surface area contributed by atoms with Crippen LogP contribution >= 0.6 is 12.4 Å². The van der Waals surface area contributed by atoms with Gasteiger partial charge in [0.25, 0.3) is 5.69 Å². The van der Waals surface area contributed by atoms with Crippen LogP contribution < -0.4 is 10.2 Å². The van der Waals surface area contributed by atoms with E-state index in [0.29, 0.717) is 31.5 Å². The van der Waals surface area contributed by atoms with Crippen molar-refractivity contribution in [2.45, 2.75) is 38.3 Å². The lowest BCUT2D eigenvalue weighted by Crippen LogP contribution is -2.47. The fraction of sp³-hybridized carbons (Fsp3) is 0.467. The molecule has 24 heavy (non-hydrogen) atoms. The van der Waals surface area contributed by atoms with Crippen LogP contribution in [0.5, 0.6) is 0 Å². The van der Waals surface area contributed by atoms with Gasteiger partial charge < -0.3 is 10.0 Å². The molecule has 0 radical (unpaired) electrons. The van der Waals surface area contributed by atoms with Crippen molar-refractivity contribution in [2.24, 2.45) is 0 Å². The van der Waals surface area contributed by atoms with Crippen molar-refractivity contribution in [3.8, 4) is 0 Å². The molecule has 132 valence electrons. The van der Waals surface area contributed by atoms with Gasteiger partial charge in [-0.25, -0.2) is 0 Å². The molecule has 2 atom stereocenters. The van der Waals surface area contributed by atoms with E-state index in [1.807, 2.05) is 6.92 Å². The number of nitrogens with zero attached hydrogens (tertiary/aromatic N) is 2. The van der Waals surface area contributed by atoms with Gasteiger partial charge in [-0.05, 0) is 18.9 Å². The van der Waals surface area contributed by atoms with Gasteiger partial charge in [0, 0.05) is 18.7 Å². The topological polar surface area (TPSA) is 113 Å². The van der Waals surface area contributed by atoms with Crippen LogP contribution in [0, 0.1) is 10.1 Å². The third-order valence-electron chi connectivity index (χ3n) is 3.84. The molecule has 2 rings (SSSR count). The third kappa shape index (κ3) is 4.42. The number of nitrogens with one attached hydrogen (secondary N) is 1. The number of nitro benzene ring substituents is 1. The quantitative estimate of drug-likeness (QED) is 0.569. The molecule has 0 aromatic heterocycles. The van der Waals surface area contributed by atoms with E-state index in [1.165, 1.54) is 23.1 Å². The van der Waals surface area contributed by atoms with Gasteiger partial charge >= 0.3 is 5.97 Å². The number of carboxylic acids is 1. The third-order valence-corrected chi connectivity index (χ3v) is 3.84. The van der Waals surface area contributed by atoms with Gasteiger partial charge in [-0.1, -0.05) is 19.4 Å². The number of hydrogen-bond acceptors (Lipinski definition) is 5. The Morgan fingerprint density at radius 1 is 1.54 bits per heavy atom. The van der Waals surface area contributed by atoms with Crippen LogP contribution in [0.4, 0.5) is 11.4 Å². The highest BCUT2D eigenvalue weighted by atomic mass is 35.5. The van der Waals surface area contributed by atoms with Crippen molar-refractivity contribution in [3.05, 3.63) is 34.4 Å². The van der Waals surface area contributed by atoms with Crippen molar-refractivity contribution in [1.82, 2.24) is 5.32 Å². The van der Waals surface area contributed by atoms with Crippen LogP contribution in [0.2, 0.25) is 0 Å². The summed E-state index contributed by atoms with van der Waals surface area (Å²) in [6.45, 7) is 2.28. The molecular formula is C15H20ClN3O5. The fourth-order valence-electron chi connectivity index (χ4n) is 2.68. The van der Waals surface area contributed by atoms with E-state index in [-0.39, 0.29) is 24.0 Å². The molecule has 0 bridgehead atoms. The molecule has 0 aliphatic carbocycles. The minimum atomic E-state index is -0.978. The average Bonchev–Trinajstić information content (AvgIpc) is 2.88. The van der Waals surface area contributed by atoms with E-state index in [2.05, 4.69) is 5.32 Å². The molecule has 2 unspecified atom stereocenters. The molecule has 1 fully saturated rings. The lowest BCUT2D eigenvalue weighted by Gasteiger charge is -2.20. The molecule has 8 nitrogen and oxygen atoms in total. The summed E-state index contributed by atoms with van der Waals surface area (Å²) in [4.78, 5) is 35.4. The van der Waals surface area contributed by atoms with Crippen LogP contribution in [0.1, 0.15) is 26.2 Å². The highest BCUT2D eigenvalue weighted by molar-refractivity contribution is 6.00. The number of non-ortho nitro benzene ring substituents is 1. The van der Waals surface area contributed by atoms with Crippen LogP contribution in [0.25, 0.3) is 0 Å². The largest absolute Gasteiger partial charge is 0.480 e. The fourth-order valence-corrected chi connectivity index (χ4v) is 2.68. The second kappa shape index (κ2) is 8.60.